The van der Waals surface area contributed by atoms with Gasteiger partial charge in [0.2, 0.25) is 5.91 Å². The lowest BCUT2D eigenvalue weighted by Crippen LogP contribution is -2.18. The van der Waals surface area contributed by atoms with Crippen molar-refractivity contribution >= 4 is 33.0 Å². The molecule has 0 saturated carbocycles. The maximum absolute atomic E-state index is 12.8. The molecule has 10 heteroatoms. The lowest BCUT2D eigenvalue weighted by molar-refractivity contribution is -0.118. The molecule has 0 aliphatic heterocycles. The molecule has 2 N–H and O–H groups in total. The molecule has 2 heterocycles. The molecule has 0 aliphatic carbocycles. The Morgan fingerprint density at radius 2 is 1.77 bits per heavy atom. The summed E-state index contributed by atoms with van der Waals surface area (Å²) in [6.45, 7) is 3.57. The molecule has 0 atom stereocenters. The molecule has 0 saturated heterocycles. The highest BCUT2D eigenvalue weighted by atomic mass is 32.2. The Morgan fingerprint density at radius 3 is 2.52 bits per heavy atom. The van der Waals surface area contributed by atoms with Gasteiger partial charge in [-0.15, -0.1) is 10.2 Å². The van der Waals surface area contributed by atoms with Crippen LogP contribution in [0.5, 0.6) is 0 Å². The normalized spacial score (nSPS) is 11.6. The van der Waals surface area contributed by atoms with E-state index in [1.165, 1.54) is 18.5 Å². The van der Waals surface area contributed by atoms with Gasteiger partial charge in [-0.05, 0) is 48.5 Å². The number of carbonyl (C=O) groups is 1. The average molecular weight is 436 g/mol. The molecule has 0 aliphatic rings. The van der Waals surface area contributed by atoms with Crippen LogP contribution < -0.4 is 10.0 Å². The predicted molar refractivity (Wildman–Crippen MR) is 117 cm³/mol. The number of nitrogens with zero attached hydrogens (tertiary/aromatic N) is 4. The van der Waals surface area contributed by atoms with Crippen molar-refractivity contribution in [1.82, 2.24) is 19.8 Å². The maximum Gasteiger partial charge on any atom is 0.261 e. The van der Waals surface area contributed by atoms with Crippen molar-refractivity contribution in [3.63, 3.8) is 0 Å². The molecule has 4 rings (SSSR count). The van der Waals surface area contributed by atoms with E-state index in [0.29, 0.717) is 22.7 Å². The number of sulfonamides is 1. The third-order valence-electron chi connectivity index (χ3n) is 4.53. The summed E-state index contributed by atoms with van der Waals surface area (Å²) in [6.07, 6.45) is 1.50. The van der Waals surface area contributed by atoms with Gasteiger partial charge in [0, 0.05) is 22.9 Å². The molecule has 1 amide bonds. The van der Waals surface area contributed by atoms with Gasteiger partial charge in [0.05, 0.1) is 10.6 Å². The Bertz CT molecular complexity index is 1350. The summed E-state index contributed by atoms with van der Waals surface area (Å²) < 4.78 is 29.7. The number of aromatic nitrogens is 4. The number of benzene rings is 2. The molecule has 31 heavy (non-hydrogen) atoms. The molecule has 0 spiro atoms. The van der Waals surface area contributed by atoms with Crippen LogP contribution in [-0.4, -0.2) is 34.1 Å². The van der Waals surface area contributed by atoms with Crippen LogP contribution in [0, 0.1) is 5.92 Å². The molecular formula is C21H20N6O3S. The van der Waals surface area contributed by atoms with Crippen molar-refractivity contribution in [2.24, 2.45) is 5.92 Å². The van der Waals surface area contributed by atoms with E-state index < -0.39 is 10.0 Å². The summed E-state index contributed by atoms with van der Waals surface area (Å²) in [5.74, 6) is -0.304. The van der Waals surface area contributed by atoms with Crippen molar-refractivity contribution in [2.75, 3.05) is 10.0 Å². The molecule has 0 unspecified atom stereocenters. The Balaban J connectivity index is 1.54. The Labute approximate surface area is 179 Å². The minimum absolute atomic E-state index is 0.0875. The Hall–Kier alpha value is -3.79. The van der Waals surface area contributed by atoms with Gasteiger partial charge in [-0.25, -0.2) is 8.42 Å². The fourth-order valence-corrected chi connectivity index (χ4v) is 3.89. The third-order valence-corrected chi connectivity index (χ3v) is 5.93. The average Bonchev–Trinajstić information content (AvgIpc) is 3.22. The van der Waals surface area contributed by atoms with Crippen molar-refractivity contribution in [2.45, 2.75) is 18.7 Å². The first kappa shape index (κ1) is 20.5. The van der Waals surface area contributed by atoms with Crippen LogP contribution in [0.4, 0.5) is 11.4 Å². The number of fused-ring (bicyclic) bond motifs is 1. The lowest BCUT2D eigenvalue weighted by atomic mass is 10.1. The van der Waals surface area contributed by atoms with Crippen LogP contribution >= 0.6 is 0 Å². The van der Waals surface area contributed by atoms with Gasteiger partial charge in [-0.1, -0.05) is 26.0 Å². The van der Waals surface area contributed by atoms with Gasteiger partial charge in [0.25, 0.3) is 10.0 Å². The number of carbonyl (C=O) groups excluding carboxylic acids is 1. The van der Waals surface area contributed by atoms with Gasteiger partial charge >= 0.3 is 0 Å². The van der Waals surface area contributed by atoms with Crippen LogP contribution in [0.2, 0.25) is 0 Å². The van der Waals surface area contributed by atoms with Gasteiger partial charge in [0.1, 0.15) is 6.33 Å². The topological polar surface area (TPSA) is 118 Å². The summed E-state index contributed by atoms with van der Waals surface area (Å²) in [5, 5.41) is 14.9. The third kappa shape index (κ3) is 4.53. The quantitative estimate of drug-likeness (QED) is 0.479. The predicted octanol–water partition coefficient (Wildman–Crippen LogP) is 3.19. The number of hydrogen-bond acceptors (Lipinski definition) is 6. The Morgan fingerprint density at radius 1 is 1.00 bits per heavy atom. The smallest absolute Gasteiger partial charge is 0.261 e. The van der Waals surface area contributed by atoms with E-state index in [2.05, 4.69) is 25.3 Å². The first-order valence-electron chi connectivity index (χ1n) is 9.53. The fraction of sp³-hybridized carbons (Fsp3) is 0.143. The summed E-state index contributed by atoms with van der Waals surface area (Å²) in [7, 11) is -3.81. The van der Waals surface area contributed by atoms with E-state index in [1.54, 1.807) is 60.8 Å². The first-order chi connectivity index (χ1) is 14.8. The SMILES string of the molecule is CC(C)C(=O)Nc1ccc(S(=O)(=O)Nc2cccc(-c3ccc4nncn4n3)c2)cc1. The molecule has 9 nitrogen and oxygen atoms in total. The number of nitrogens with one attached hydrogen (secondary N) is 2. The van der Waals surface area contributed by atoms with Crippen LogP contribution in [0.3, 0.4) is 0 Å². The largest absolute Gasteiger partial charge is 0.326 e. The number of anilines is 2. The second-order valence-electron chi connectivity index (χ2n) is 7.21. The minimum Gasteiger partial charge on any atom is -0.326 e. The molecule has 0 bridgehead atoms. The van der Waals surface area contributed by atoms with Crippen LogP contribution in [0.15, 0.2) is 71.9 Å². The number of hydrogen-bond donors (Lipinski definition) is 2. The van der Waals surface area contributed by atoms with Crippen LogP contribution in [0.1, 0.15) is 13.8 Å². The van der Waals surface area contributed by atoms with E-state index in [0.717, 1.165) is 5.56 Å². The zero-order valence-corrected chi connectivity index (χ0v) is 17.7. The molecule has 2 aromatic heterocycles. The fourth-order valence-electron chi connectivity index (χ4n) is 2.84. The highest BCUT2D eigenvalue weighted by Gasteiger charge is 2.15. The molecule has 158 valence electrons. The molecule has 0 fully saturated rings. The van der Waals surface area contributed by atoms with Crippen molar-refractivity contribution in [1.29, 1.82) is 0 Å². The summed E-state index contributed by atoms with van der Waals surface area (Å²) in [5.41, 5.74) is 2.95. The van der Waals surface area contributed by atoms with Crippen molar-refractivity contribution in [3.05, 3.63) is 67.0 Å². The van der Waals surface area contributed by atoms with E-state index in [1.807, 2.05) is 6.07 Å². The monoisotopic (exact) mass is 436 g/mol. The van der Waals surface area contributed by atoms with Crippen LogP contribution in [0.25, 0.3) is 16.9 Å². The van der Waals surface area contributed by atoms with E-state index in [4.69, 9.17) is 0 Å². The lowest BCUT2D eigenvalue weighted by Gasteiger charge is -2.11. The first-order valence-corrected chi connectivity index (χ1v) is 11.0. The van der Waals surface area contributed by atoms with E-state index in [9.17, 15) is 13.2 Å². The van der Waals surface area contributed by atoms with Gasteiger partial charge < -0.3 is 5.32 Å². The van der Waals surface area contributed by atoms with Crippen LogP contribution in [-0.2, 0) is 14.8 Å². The molecule has 0 radical (unpaired) electrons. The summed E-state index contributed by atoms with van der Waals surface area (Å²) in [4.78, 5) is 11.9. The maximum atomic E-state index is 12.8. The standard InChI is InChI=1S/C21H20N6O3S/c1-14(2)21(28)23-16-6-8-18(9-7-16)31(29,30)26-17-5-3-4-15(12-17)19-10-11-20-24-22-13-27(20)25-19/h3-14,26H,1-2H3,(H,23,28). The van der Waals surface area contributed by atoms with E-state index in [-0.39, 0.29) is 16.7 Å². The summed E-state index contributed by atoms with van der Waals surface area (Å²) >= 11 is 0. The van der Waals surface area contributed by atoms with Crippen molar-refractivity contribution < 1.29 is 13.2 Å². The zero-order valence-electron chi connectivity index (χ0n) is 16.9. The van der Waals surface area contributed by atoms with Gasteiger partial charge in [-0.3, -0.25) is 9.52 Å². The van der Waals surface area contributed by atoms with Crippen molar-refractivity contribution in [3.8, 4) is 11.3 Å². The van der Waals surface area contributed by atoms with E-state index >= 15 is 0 Å². The second-order valence-corrected chi connectivity index (χ2v) is 8.89. The highest BCUT2D eigenvalue weighted by molar-refractivity contribution is 7.92. The summed E-state index contributed by atoms with van der Waals surface area (Å²) in [6, 6.07) is 16.5. The van der Waals surface area contributed by atoms with Gasteiger partial charge in [0.15, 0.2) is 5.65 Å². The zero-order chi connectivity index (χ0) is 22.0. The molecule has 4 aromatic rings. The second kappa shape index (κ2) is 8.15. The Kier molecular flexibility index (Phi) is 5.38. The number of amides is 1. The molecule has 2 aromatic carbocycles. The number of rotatable bonds is 6. The minimum atomic E-state index is -3.81. The highest BCUT2D eigenvalue weighted by Crippen LogP contribution is 2.24. The van der Waals surface area contributed by atoms with Gasteiger partial charge in [-0.2, -0.15) is 9.61 Å². The molecular weight excluding hydrogens is 416 g/mol.